The van der Waals surface area contributed by atoms with Crippen LogP contribution < -0.4 is 0 Å². The molecule has 32 heavy (non-hydrogen) atoms. The third kappa shape index (κ3) is 7.81. The number of carbonyl (C=O) groups excluding carboxylic acids is 2. The summed E-state index contributed by atoms with van der Waals surface area (Å²) in [4.78, 5) is 25.0. The lowest BCUT2D eigenvalue weighted by atomic mass is 9.98. The Balaban J connectivity index is 1.88. The van der Waals surface area contributed by atoms with E-state index >= 15 is 0 Å². The molecule has 174 valence electrons. The predicted molar refractivity (Wildman–Crippen MR) is 129 cm³/mol. The van der Waals surface area contributed by atoms with Gasteiger partial charge in [-0.3, -0.25) is 0 Å². The number of carbonyl (C=O) groups is 2. The number of hydrogen-bond donors (Lipinski definition) is 0. The molecule has 4 heteroatoms. The lowest BCUT2D eigenvalue weighted by molar-refractivity contribution is -0.0239. The summed E-state index contributed by atoms with van der Waals surface area (Å²) in [5, 5.41) is 0. The lowest BCUT2D eigenvalue weighted by Crippen LogP contribution is -2.30. The van der Waals surface area contributed by atoms with Crippen LogP contribution in [0.4, 0.5) is 0 Å². The van der Waals surface area contributed by atoms with Crippen molar-refractivity contribution in [3.8, 4) is 0 Å². The van der Waals surface area contributed by atoms with Crippen molar-refractivity contribution in [2.75, 3.05) is 0 Å². The largest absolute Gasteiger partial charge is 0.455 e. The second-order valence-electron chi connectivity index (χ2n) is 9.05. The molecule has 2 aromatic carbocycles. The maximum Gasteiger partial charge on any atom is 0.338 e. The topological polar surface area (TPSA) is 52.6 Å². The number of ether oxygens (including phenoxy) is 2. The minimum absolute atomic E-state index is 0.412. The summed E-state index contributed by atoms with van der Waals surface area (Å²) in [5.74, 6) is 0.397. The average Bonchev–Trinajstić information content (AvgIpc) is 2.79. The molecular formula is C28H38O4. The van der Waals surface area contributed by atoms with Gasteiger partial charge in [-0.15, -0.1) is 0 Å². The van der Waals surface area contributed by atoms with E-state index in [0.717, 1.165) is 25.7 Å². The molecule has 2 rings (SSSR count). The molecular weight excluding hydrogens is 400 g/mol. The van der Waals surface area contributed by atoms with Crippen molar-refractivity contribution in [2.24, 2.45) is 11.8 Å². The van der Waals surface area contributed by atoms with Crippen LogP contribution >= 0.6 is 0 Å². The van der Waals surface area contributed by atoms with Crippen LogP contribution in [-0.2, 0) is 22.3 Å². The van der Waals surface area contributed by atoms with Crippen molar-refractivity contribution in [2.45, 2.75) is 79.4 Å². The second-order valence-corrected chi connectivity index (χ2v) is 9.05. The van der Waals surface area contributed by atoms with Gasteiger partial charge < -0.3 is 9.47 Å². The highest BCUT2D eigenvalue weighted by molar-refractivity contribution is 5.90. The highest BCUT2D eigenvalue weighted by Gasteiger charge is 2.22. The highest BCUT2D eigenvalue weighted by atomic mass is 16.6. The molecule has 0 bridgehead atoms. The van der Waals surface area contributed by atoms with Crippen molar-refractivity contribution in [1.29, 1.82) is 0 Å². The van der Waals surface area contributed by atoms with Crippen LogP contribution in [-0.4, -0.2) is 24.1 Å². The predicted octanol–water partition coefficient (Wildman–Crippen LogP) is 6.65. The van der Waals surface area contributed by atoms with E-state index in [1.54, 1.807) is 38.1 Å². The zero-order valence-electron chi connectivity index (χ0n) is 20.4. The SMILES string of the molecule is CC[C@@H](C)Cc1ccc(C(=O)OC(C)C(C)OC(=O)c2ccc(C[C@H](C)CC)cc2)cc1. The fourth-order valence-electron chi connectivity index (χ4n) is 3.31. The molecule has 2 aromatic rings. The van der Waals surface area contributed by atoms with Gasteiger partial charge >= 0.3 is 11.9 Å². The van der Waals surface area contributed by atoms with Crippen LogP contribution in [0.3, 0.4) is 0 Å². The van der Waals surface area contributed by atoms with E-state index in [4.69, 9.17) is 9.47 Å². The van der Waals surface area contributed by atoms with Crippen molar-refractivity contribution >= 4 is 11.9 Å². The van der Waals surface area contributed by atoms with Gasteiger partial charge in [0.25, 0.3) is 0 Å². The Bertz CT molecular complexity index is 781. The Labute approximate surface area is 193 Å². The molecule has 0 aliphatic heterocycles. The summed E-state index contributed by atoms with van der Waals surface area (Å²) >= 11 is 0. The van der Waals surface area contributed by atoms with Gasteiger partial charge in [0.1, 0.15) is 12.2 Å². The third-order valence-corrected chi connectivity index (χ3v) is 6.19. The number of benzene rings is 2. The zero-order chi connectivity index (χ0) is 23.7. The van der Waals surface area contributed by atoms with Crippen LogP contribution in [0.5, 0.6) is 0 Å². The normalized spacial score (nSPS) is 14.8. The maximum absolute atomic E-state index is 12.5. The first-order valence-corrected chi connectivity index (χ1v) is 11.8. The van der Waals surface area contributed by atoms with Crippen LogP contribution in [0, 0.1) is 11.8 Å². The van der Waals surface area contributed by atoms with Crippen LogP contribution in [0.25, 0.3) is 0 Å². The summed E-state index contributed by atoms with van der Waals surface area (Å²) in [6, 6.07) is 15.1. The summed E-state index contributed by atoms with van der Waals surface area (Å²) in [7, 11) is 0. The Morgan fingerprint density at radius 3 is 1.22 bits per heavy atom. The molecule has 2 unspecified atom stereocenters. The summed E-state index contributed by atoms with van der Waals surface area (Å²) in [5.41, 5.74) is 3.42. The van der Waals surface area contributed by atoms with Crippen LogP contribution in [0.1, 0.15) is 86.2 Å². The van der Waals surface area contributed by atoms with Crippen molar-refractivity contribution in [1.82, 2.24) is 0 Å². The minimum atomic E-state index is -0.559. The molecule has 0 N–H and O–H groups in total. The fraction of sp³-hybridized carbons (Fsp3) is 0.500. The second kappa shape index (κ2) is 12.4. The minimum Gasteiger partial charge on any atom is -0.455 e. The first-order valence-electron chi connectivity index (χ1n) is 11.8. The first-order chi connectivity index (χ1) is 15.2. The number of esters is 2. The van der Waals surface area contributed by atoms with E-state index in [-0.39, 0.29) is 0 Å². The summed E-state index contributed by atoms with van der Waals surface area (Å²) in [6.45, 7) is 12.3. The molecule has 0 amide bonds. The Kier molecular flexibility index (Phi) is 9.96. The molecule has 4 atom stereocenters. The molecule has 0 saturated heterocycles. The van der Waals surface area contributed by atoms with Gasteiger partial charge in [0.2, 0.25) is 0 Å². The quantitative estimate of drug-likeness (QED) is 0.368. The van der Waals surface area contributed by atoms with Gasteiger partial charge in [-0.2, -0.15) is 0 Å². The molecule has 0 fully saturated rings. The van der Waals surface area contributed by atoms with Gasteiger partial charge in [-0.05, 0) is 73.9 Å². The summed E-state index contributed by atoms with van der Waals surface area (Å²) < 4.78 is 11.1. The van der Waals surface area contributed by atoms with E-state index in [2.05, 4.69) is 27.7 Å². The molecule has 0 heterocycles. The van der Waals surface area contributed by atoms with E-state index in [9.17, 15) is 9.59 Å². The van der Waals surface area contributed by atoms with Crippen molar-refractivity contribution in [3.63, 3.8) is 0 Å². The Morgan fingerprint density at radius 1 is 0.625 bits per heavy atom. The average molecular weight is 439 g/mol. The fourth-order valence-corrected chi connectivity index (χ4v) is 3.31. The monoisotopic (exact) mass is 438 g/mol. The zero-order valence-corrected chi connectivity index (χ0v) is 20.4. The number of hydrogen-bond acceptors (Lipinski definition) is 4. The van der Waals surface area contributed by atoms with Gasteiger partial charge in [-0.25, -0.2) is 9.59 Å². The maximum atomic E-state index is 12.5. The Hall–Kier alpha value is -2.62. The summed E-state index contributed by atoms with van der Waals surface area (Å²) in [6.07, 6.45) is 3.12. The molecule has 0 saturated carbocycles. The molecule has 0 aliphatic rings. The lowest BCUT2D eigenvalue weighted by Gasteiger charge is -2.21. The number of rotatable bonds is 11. The van der Waals surface area contributed by atoms with E-state index in [1.165, 1.54) is 11.1 Å². The van der Waals surface area contributed by atoms with Gasteiger partial charge in [-0.1, -0.05) is 64.8 Å². The van der Waals surface area contributed by atoms with E-state index in [1.807, 2.05) is 24.3 Å². The van der Waals surface area contributed by atoms with Gasteiger partial charge in [0, 0.05) is 0 Å². The smallest absolute Gasteiger partial charge is 0.338 e. The molecule has 0 aromatic heterocycles. The van der Waals surface area contributed by atoms with Crippen LogP contribution in [0.15, 0.2) is 48.5 Å². The van der Waals surface area contributed by atoms with E-state index < -0.39 is 24.1 Å². The Morgan fingerprint density at radius 2 is 0.938 bits per heavy atom. The molecule has 4 nitrogen and oxygen atoms in total. The van der Waals surface area contributed by atoms with Crippen molar-refractivity contribution < 1.29 is 19.1 Å². The first kappa shape index (κ1) is 25.6. The van der Waals surface area contributed by atoms with E-state index in [0.29, 0.717) is 23.0 Å². The molecule has 0 spiro atoms. The standard InChI is InChI=1S/C28H38O4/c1-7-19(3)17-23-9-13-25(14-10-23)27(29)31-21(5)22(6)32-28(30)26-15-11-24(12-16-26)18-20(4)8-2/h9-16,19-22H,7-8,17-18H2,1-6H3/t19-,20-,21?,22?/m1/s1. The molecule has 0 aliphatic carbocycles. The van der Waals surface area contributed by atoms with Gasteiger partial charge in [0.15, 0.2) is 0 Å². The highest BCUT2D eigenvalue weighted by Crippen LogP contribution is 2.16. The van der Waals surface area contributed by atoms with Crippen molar-refractivity contribution in [3.05, 3.63) is 70.8 Å². The van der Waals surface area contributed by atoms with Gasteiger partial charge in [0.05, 0.1) is 11.1 Å². The third-order valence-electron chi connectivity index (χ3n) is 6.19. The van der Waals surface area contributed by atoms with Crippen LogP contribution in [0.2, 0.25) is 0 Å². The molecule has 0 radical (unpaired) electrons.